The van der Waals surface area contributed by atoms with Crippen LogP contribution >= 0.6 is 0 Å². The van der Waals surface area contributed by atoms with Crippen molar-refractivity contribution in [1.29, 1.82) is 0 Å². The molecule has 16 heavy (non-hydrogen) atoms. The highest BCUT2D eigenvalue weighted by atomic mass is 16.5. The Labute approximate surface area is 95.3 Å². The lowest BCUT2D eigenvalue weighted by molar-refractivity contribution is 0.00258. The van der Waals surface area contributed by atoms with Gasteiger partial charge in [-0.3, -0.25) is 9.48 Å². The standard InChI is InChI=1S/C11H18N2O3/c1-11(2,3)16-7-8(14)10-9(15-5)6-12-13(10)4/h6H,7H2,1-5H3. The summed E-state index contributed by atoms with van der Waals surface area (Å²) in [7, 11) is 3.21. The fraction of sp³-hybridized carbons (Fsp3) is 0.636. The molecule has 0 fully saturated rings. The summed E-state index contributed by atoms with van der Waals surface area (Å²) < 4.78 is 12.0. The number of Topliss-reactive ketones (excluding diaryl/α,β-unsaturated/α-hetero) is 1. The van der Waals surface area contributed by atoms with E-state index in [-0.39, 0.29) is 18.0 Å². The molecule has 0 saturated heterocycles. The number of rotatable bonds is 4. The number of methoxy groups -OCH3 is 1. The highest BCUT2D eigenvalue weighted by molar-refractivity contribution is 5.97. The van der Waals surface area contributed by atoms with Crippen LogP contribution in [0.4, 0.5) is 0 Å². The number of ketones is 1. The Morgan fingerprint density at radius 2 is 2.12 bits per heavy atom. The Bertz CT molecular complexity index is 377. The van der Waals surface area contributed by atoms with Gasteiger partial charge in [0, 0.05) is 7.05 Å². The van der Waals surface area contributed by atoms with Crippen molar-refractivity contribution >= 4 is 5.78 Å². The molecule has 1 aromatic heterocycles. The summed E-state index contributed by atoms with van der Waals surface area (Å²) in [5.41, 5.74) is 0.105. The van der Waals surface area contributed by atoms with Crippen molar-refractivity contribution < 1.29 is 14.3 Å². The van der Waals surface area contributed by atoms with Crippen LogP contribution < -0.4 is 4.74 Å². The van der Waals surface area contributed by atoms with E-state index in [0.717, 1.165) is 0 Å². The summed E-state index contributed by atoms with van der Waals surface area (Å²) in [6, 6.07) is 0. The van der Waals surface area contributed by atoms with E-state index in [4.69, 9.17) is 9.47 Å². The maximum absolute atomic E-state index is 11.9. The summed E-state index contributed by atoms with van der Waals surface area (Å²) in [5, 5.41) is 3.97. The van der Waals surface area contributed by atoms with Crippen LogP contribution in [0.15, 0.2) is 6.20 Å². The van der Waals surface area contributed by atoms with E-state index in [2.05, 4.69) is 5.10 Å². The van der Waals surface area contributed by atoms with Crippen LogP contribution in [0.5, 0.6) is 5.75 Å². The van der Waals surface area contributed by atoms with Crippen LogP contribution in [0.3, 0.4) is 0 Å². The first-order valence-corrected chi connectivity index (χ1v) is 5.08. The molecule has 5 heteroatoms. The Morgan fingerprint density at radius 3 is 2.62 bits per heavy atom. The predicted octanol–water partition coefficient (Wildman–Crippen LogP) is 1.43. The number of ether oxygens (including phenoxy) is 2. The van der Waals surface area contributed by atoms with Gasteiger partial charge in [0.25, 0.3) is 0 Å². The van der Waals surface area contributed by atoms with Crippen molar-refractivity contribution in [3.05, 3.63) is 11.9 Å². The van der Waals surface area contributed by atoms with Crippen molar-refractivity contribution in [3.8, 4) is 5.75 Å². The molecule has 0 N–H and O–H groups in total. The number of carbonyl (C=O) groups excluding carboxylic acids is 1. The van der Waals surface area contributed by atoms with Gasteiger partial charge in [0.2, 0.25) is 5.78 Å². The van der Waals surface area contributed by atoms with Crippen molar-refractivity contribution in [2.75, 3.05) is 13.7 Å². The zero-order chi connectivity index (χ0) is 12.3. The van der Waals surface area contributed by atoms with Crippen LogP contribution in [0, 0.1) is 0 Å². The van der Waals surface area contributed by atoms with E-state index >= 15 is 0 Å². The number of carbonyl (C=O) groups is 1. The summed E-state index contributed by atoms with van der Waals surface area (Å²) in [6.45, 7) is 5.74. The lowest BCUT2D eigenvalue weighted by atomic mass is 10.2. The van der Waals surface area contributed by atoms with Crippen LogP contribution in [-0.2, 0) is 11.8 Å². The van der Waals surface area contributed by atoms with Crippen molar-refractivity contribution in [2.24, 2.45) is 7.05 Å². The average molecular weight is 226 g/mol. The van der Waals surface area contributed by atoms with E-state index in [1.165, 1.54) is 18.0 Å². The van der Waals surface area contributed by atoms with Gasteiger partial charge in [-0.2, -0.15) is 5.10 Å². The van der Waals surface area contributed by atoms with E-state index in [0.29, 0.717) is 11.4 Å². The minimum absolute atomic E-state index is 0.0272. The third kappa shape index (κ3) is 3.06. The minimum Gasteiger partial charge on any atom is -0.493 e. The zero-order valence-corrected chi connectivity index (χ0v) is 10.4. The molecule has 0 aromatic carbocycles. The van der Waals surface area contributed by atoms with Crippen molar-refractivity contribution in [2.45, 2.75) is 26.4 Å². The third-order valence-electron chi connectivity index (χ3n) is 2.03. The number of nitrogens with zero attached hydrogens (tertiary/aromatic N) is 2. The highest BCUT2D eigenvalue weighted by Crippen LogP contribution is 2.18. The first kappa shape index (κ1) is 12.7. The number of aryl methyl sites for hydroxylation is 1. The SMILES string of the molecule is COc1cnn(C)c1C(=O)COC(C)(C)C. The molecule has 0 saturated carbocycles. The van der Waals surface area contributed by atoms with Gasteiger partial charge in [-0.15, -0.1) is 0 Å². The number of aromatic nitrogens is 2. The molecule has 1 rings (SSSR count). The van der Waals surface area contributed by atoms with Gasteiger partial charge in [-0.05, 0) is 20.8 Å². The molecular weight excluding hydrogens is 208 g/mol. The van der Waals surface area contributed by atoms with Crippen LogP contribution in [0.2, 0.25) is 0 Å². The van der Waals surface area contributed by atoms with Gasteiger partial charge >= 0.3 is 0 Å². The fourth-order valence-corrected chi connectivity index (χ4v) is 1.24. The molecule has 0 radical (unpaired) electrons. The van der Waals surface area contributed by atoms with Crippen LogP contribution in [0.1, 0.15) is 31.3 Å². The Kier molecular flexibility index (Phi) is 3.70. The van der Waals surface area contributed by atoms with Gasteiger partial charge in [-0.25, -0.2) is 0 Å². The van der Waals surface area contributed by atoms with Gasteiger partial charge in [-0.1, -0.05) is 0 Å². The molecule has 0 amide bonds. The van der Waals surface area contributed by atoms with E-state index in [1.54, 1.807) is 7.05 Å². The molecule has 1 aromatic rings. The molecule has 0 aliphatic rings. The summed E-state index contributed by atoms with van der Waals surface area (Å²) in [4.78, 5) is 11.9. The lowest BCUT2D eigenvalue weighted by Gasteiger charge is -2.18. The molecule has 0 atom stereocenters. The maximum Gasteiger partial charge on any atom is 0.210 e. The zero-order valence-electron chi connectivity index (χ0n) is 10.4. The number of hydrogen-bond donors (Lipinski definition) is 0. The van der Waals surface area contributed by atoms with E-state index in [9.17, 15) is 4.79 Å². The smallest absolute Gasteiger partial charge is 0.210 e. The first-order chi connectivity index (χ1) is 7.35. The van der Waals surface area contributed by atoms with Gasteiger partial charge in [0.15, 0.2) is 5.75 Å². The van der Waals surface area contributed by atoms with E-state index < -0.39 is 0 Å². The highest BCUT2D eigenvalue weighted by Gasteiger charge is 2.20. The molecular formula is C11H18N2O3. The molecule has 90 valence electrons. The Morgan fingerprint density at radius 1 is 1.50 bits per heavy atom. The van der Waals surface area contributed by atoms with Crippen molar-refractivity contribution in [1.82, 2.24) is 9.78 Å². The van der Waals surface area contributed by atoms with Gasteiger partial charge in [0.05, 0.1) is 18.9 Å². The average Bonchev–Trinajstić information content (AvgIpc) is 2.55. The van der Waals surface area contributed by atoms with Crippen molar-refractivity contribution in [3.63, 3.8) is 0 Å². The first-order valence-electron chi connectivity index (χ1n) is 5.08. The predicted molar refractivity (Wildman–Crippen MR) is 59.8 cm³/mol. The molecule has 5 nitrogen and oxygen atoms in total. The maximum atomic E-state index is 11.9. The second kappa shape index (κ2) is 4.65. The fourth-order valence-electron chi connectivity index (χ4n) is 1.24. The quantitative estimate of drug-likeness (QED) is 0.729. The number of hydrogen-bond acceptors (Lipinski definition) is 4. The largest absolute Gasteiger partial charge is 0.493 e. The van der Waals surface area contributed by atoms with E-state index in [1.807, 2.05) is 20.8 Å². The topological polar surface area (TPSA) is 53.4 Å². The molecule has 1 heterocycles. The molecule has 0 bridgehead atoms. The summed E-state index contributed by atoms with van der Waals surface area (Å²) in [6.07, 6.45) is 1.52. The minimum atomic E-state index is -0.332. The van der Waals surface area contributed by atoms with Gasteiger partial charge in [0.1, 0.15) is 12.3 Å². The molecule has 0 spiro atoms. The third-order valence-corrected chi connectivity index (χ3v) is 2.03. The molecule has 0 aliphatic heterocycles. The second-order valence-corrected chi connectivity index (χ2v) is 4.51. The van der Waals surface area contributed by atoms with Crippen LogP contribution in [0.25, 0.3) is 0 Å². The van der Waals surface area contributed by atoms with Crippen LogP contribution in [-0.4, -0.2) is 34.9 Å². The summed E-state index contributed by atoms with van der Waals surface area (Å²) in [5.74, 6) is 0.344. The molecule has 0 unspecified atom stereocenters. The Hall–Kier alpha value is -1.36. The molecule has 0 aliphatic carbocycles. The Balaban J connectivity index is 2.76. The summed E-state index contributed by atoms with van der Waals surface area (Å²) >= 11 is 0. The lowest BCUT2D eigenvalue weighted by Crippen LogP contribution is -2.25. The normalized spacial score (nSPS) is 11.6. The van der Waals surface area contributed by atoms with Gasteiger partial charge < -0.3 is 9.47 Å². The second-order valence-electron chi connectivity index (χ2n) is 4.51. The monoisotopic (exact) mass is 226 g/mol.